The number of carbonyl (C=O) groups is 1. The largest absolute Gasteiger partial charge is 0.392 e. The minimum absolute atomic E-state index is 0.0577. The monoisotopic (exact) mass is 322 g/mol. The Labute approximate surface area is 139 Å². The number of aliphatic hydroxyl groups is 1. The van der Waals surface area contributed by atoms with Crippen LogP contribution in [0.15, 0.2) is 42.5 Å². The maximum absolute atomic E-state index is 11.6. The van der Waals surface area contributed by atoms with Gasteiger partial charge in [0.25, 0.3) is 5.91 Å². The van der Waals surface area contributed by atoms with Crippen LogP contribution in [0.5, 0.6) is 0 Å². The minimum Gasteiger partial charge on any atom is -0.392 e. The number of rotatable bonds is 4. The highest BCUT2D eigenvalue weighted by Crippen LogP contribution is 2.26. The molecule has 0 unspecified atom stereocenters. The van der Waals surface area contributed by atoms with E-state index >= 15 is 0 Å². The number of para-hydroxylation sites is 1. The summed E-state index contributed by atoms with van der Waals surface area (Å²) in [6, 6.07) is 13.3. The molecular weight excluding hydrogens is 304 g/mol. The van der Waals surface area contributed by atoms with Crippen molar-refractivity contribution in [3.05, 3.63) is 65.0 Å². The lowest BCUT2D eigenvalue weighted by Crippen LogP contribution is -2.14. The lowest BCUT2D eigenvalue weighted by molar-refractivity contribution is 0.0990. The van der Waals surface area contributed by atoms with E-state index in [4.69, 9.17) is 5.73 Å². The summed E-state index contributed by atoms with van der Waals surface area (Å²) >= 11 is 0. The molecule has 1 aromatic heterocycles. The fourth-order valence-electron chi connectivity index (χ4n) is 2.61. The van der Waals surface area contributed by atoms with Gasteiger partial charge in [0.2, 0.25) is 5.82 Å². The molecule has 2 aromatic carbocycles. The van der Waals surface area contributed by atoms with Crippen molar-refractivity contribution >= 4 is 5.91 Å². The van der Waals surface area contributed by atoms with Gasteiger partial charge in [-0.05, 0) is 19.4 Å². The van der Waals surface area contributed by atoms with E-state index in [0.29, 0.717) is 17.1 Å². The number of hydrogen-bond acceptors (Lipinski definition) is 4. The van der Waals surface area contributed by atoms with E-state index in [9.17, 15) is 9.90 Å². The predicted molar refractivity (Wildman–Crippen MR) is 90.7 cm³/mol. The van der Waals surface area contributed by atoms with Gasteiger partial charge in [-0.25, -0.2) is 9.67 Å². The fraction of sp³-hybridized carbons (Fsp3) is 0.167. The summed E-state index contributed by atoms with van der Waals surface area (Å²) in [6.07, 6.45) is 0. The molecule has 0 radical (unpaired) electrons. The van der Waals surface area contributed by atoms with Gasteiger partial charge in [-0.1, -0.05) is 48.0 Å². The molecular formula is C18H18N4O2. The van der Waals surface area contributed by atoms with E-state index in [1.54, 1.807) is 4.68 Å². The molecule has 0 atom stereocenters. The molecule has 6 nitrogen and oxygen atoms in total. The smallest absolute Gasteiger partial charge is 0.288 e. The molecule has 0 bridgehead atoms. The van der Waals surface area contributed by atoms with E-state index in [1.165, 1.54) is 0 Å². The molecule has 0 aliphatic rings. The maximum atomic E-state index is 11.6. The van der Waals surface area contributed by atoms with Crippen molar-refractivity contribution in [3.8, 4) is 17.1 Å². The highest BCUT2D eigenvalue weighted by molar-refractivity contribution is 5.89. The first-order chi connectivity index (χ1) is 11.5. The van der Waals surface area contributed by atoms with E-state index < -0.39 is 5.91 Å². The molecule has 1 amide bonds. The van der Waals surface area contributed by atoms with Gasteiger partial charge in [0.15, 0.2) is 5.82 Å². The summed E-state index contributed by atoms with van der Waals surface area (Å²) < 4.78 is 1.58. The topological polar surface area (TPSA) is 94.0 Å². The van der Waals surface area contributed by atoms with Gasteiger partial charge in [-0.3, -0.25) is 4.79 Å². The summed E-state index contributed by atoms with van der Waals surface area (Å²) in [6.45, 7) is 3.77. The third kappa shape index (κ3) is 2.79. The Hall–Kier alpha value is -2.99. The molecule has 6 heteroatoms. The summed E-state index contributed by atoms with van der Waals surface area (Å²) in [5, 5.41) is 13.9. The molecule has 122 valence electrons. The molecule has 3 aromatic rings. The van der Waals surface area contributed by atoms with Gasteiger partial charge in [-0.15, -0.1) is 5.10 Å². The van der Waals surface area contributed by atoms with Crippen molar-refractivity contribution in [1.29, 1.82) is 0 Å². The van der Waals surface area contributed by atoms with Gasteiger partial charge in [0.05, 0.1) is 12.3 Å². The van der Waals surface area contributed by atoms with Crippen molar-refractivity contribution in [1.82, 2.24) is 14.8 Å². The number of carbonyl (C=O) groups excluding carboxylic acids is 1. The maximum Gasteiger partial charge on any atom is 0.288 e. The summed E-state index contributed by atoms with van der Waals surface area (Å²) in [5.41, 5.74) is 9.60. The van der Waals surface area contributed by atoms with Crippen molar-refractivity contribution in [2.24, 2.45) is 5.73 Å². The van der Waals surface area contributed by atoms with Gasteiger partial charge < -0.3 is 10.8 Å². The first kappa shape index (κ1) is 15.9. The van der Waals surface area contributed by atoms with Crippen LogP contribution in [0.2, 0.25) is 0 Å². The Kier molecular flexibility index (Phi) is 4.14. The predicted octanol–water partition coefficient (Wildman–Crippen LogP) is 2.14. The van der Waals surface area contributed by atoms with Gasteiger partial charge >= 0.3 is 0 Å². The first-order valence-electron chi connectivity index (χ1n) is 7.55. The zero-order valence-electron chi connectivity index (χ0n) is 13.5. The molecule has 0 aliphatic carbocycles. The average Bonchev–Trinajstić information content (AvgIpc) is 3.00. The molecule has 24 heavy (non-hydrogen) atoms. The number of nitrogens with two attached hydrogens (primary N) is 1. The lowest BCUT2D eigenvalue weighted by Gasteiger charge is -2.13. The van der Waals surface area contributed by atoms with E-state index in [-0.39, 0.29) is 12.4 Å². The Balaban J connectivity index is 2.28. The van der Waals surface area contributed by atoms with Crippen LogP contribution < -0.4 is 5.73 Å². The fourth-order valence-corrected chi connectivity index (χ4v) is 2.61. The third-order valence-corrected chi connectivity index (χ3v) is 3.84. The Morgan fingerprint density at radius 2 is 1.88 bits per heavy atom. The molecule has 0 saturated heterocycles. The van der Waals surface area contributed by atoms with Crippen LogP contribution in [0.1, 0.15) is 27.3 Å². The van der Waals surface area contributed by atoms with E-state index in [2.05, 4.69) is 10.1 Å². The van der Waals surface area contributed by atoms with Crippen molar-refractivity contribution in [2.45, 2.75) is 20.5 Å². The second kappa shape index (κ2) is 6.25. The SMILES string of the molecule is Cc1ccc(-c2nc(C(N)=O)nn2-c2c(C)cccc2CO)cc1. The highest BCUT2D eigenvalue weighted by atomic mass is 16.3. The molecule has 3 rings (SSSR count). The molecule has 0 aliphatic heterocycles. The van der Waals surface area contributed by atoms with Crippen molar-refractivity contribution < 1.29 is 9.90 Å². The first-order valence-corrected chi connectivity index (χ1v) is 7.55. The van der Waals surface area contributed by atoms with Gasteiger partial charge in [-0.2, -0.15) is 0 Å². The number of aliphatic hydroxyl groups excluding tert-OH is 1. The van der Waals surface area contributed by atoms with Crippen LogP contribution in [0.4, 0.5) is 0 Å². The molecule has 0 saturated carbocycles. The van der Waals surface area contributed by atoms with Gasteiger partial charge in [0.1, 0.15) is 0 Å². The number of nitrogens with zero attached hydrogens (tertiary/aromatic N) is 3. The third-order valence-electron chi connectivity index (χ3n) is 3.84. The average molecular weight is 322 g/mol. The quantitative estimate of drug-likeness (QED) is 0.769. The number of amides is 1. The molecule has 1 heterocycles. The second-order valence-electron chi connectivity index (χ2n) is 5.64. The number of benzene rings is 2. The lowest BCUT2D eigenvalue weighted by atomic mass is 10.1. The Morgan fingerprint density at radius 3 is 2.50 bits per heavy atom. The summed E-state index contributed by atoms with van der Waals surface area (Å²) in [5.74, 6) is -0.244. The number of aryl methyl sites for hydroxylation is 2. The van der Waals surface area contributed by atoms with E-state index in [0.717, 1.165) is 16.7 Å². The number of primary amides is 1. The van der Waals surface area contributed by atoms with Crippen LogP contribution in [0, 0.1) is 13.8 Å². The minimum atomic E-state index is -0.693. The normalized spacial score (nSPS) is 10.8. The molecule has 3 N–H and O–H groups in total. The number of hydrogen-bond donors (Lipinski definition) is 2. The zero-order valence-corrected chi connectivity index (χ0v) is 13.5. The molecule has 0 spiro atoms. The van der Waals surface area contributed by atoms with Crippen LogP contribution >= 0.6 is 0 Å². The van der Waals surface area contributed by atoms with Crippen LogP contribution in [0.3, 0.4) is 0 Å². The zero-order chi connectivity index (χ0) is 17.3. The number of aromatic nitrogens is 3. The highest BCUT2D eigenvalue weighted by Gasteiger charge is 2.19. The Morgan fingerprint density at radius 1 is 1.17 bits per heavy atom. The standard InChI is InChI=1S/C18H18N4O2/c1-11-6-8-13(9-7-11)18-20-17(16(19)24)21-22(18)15-12(2)4-3-5-14(15)10-23/h3-9,23H,10H2,1-2H3,(H2,19,24). The van der Waals surface area contributed by atoms with Crippen LogP contribution in [-0.2, 0) is 6.61 Å². The second-order valence-corrected chi connectivity index (χ2v) is 5.64. The van der Waals surface area contributed by atoms with Crippen molar-refractivity contribution in [3.63, 3.8) is 0 Å². The van der Waals surface area contributed by atoms with Gasteiger partial charge in [0, 0.05) is 11.1 Å². The summed E-state index contributed by atoms with van der Waals surface area (Å²) in [4.78, 5) is 15.9. The van der Waals surface area contributed by atoms with Crippen molar-refractivity contribution in [2.75, 3.05) is 0 Å². The van der Waals surface area contributed by atoms with Crippen LogP contribution in [0.25, 0.3) is 17.1 Å². The Bertz CT molecular complexity index is 898. The summed E-state index contributed by atoms with van der Waals surface area (Å²) in [7, 11) is 0. The molecule has 0 fully saturated rings. The van der Waals surface area contributed by atoms with Crippen LogP contribution in [-0.4, -0.2) is 25.8 Å². The van der Waals surface area contributed by atoms with E-state index in [1.807, 2.05) is 56.3 Å².